The van der Waals surface area contributed by atoms with Crippen LogP contribution in [0.2, 0.25) is 0 Å². The van der Waals surface area contributed by atoms with E-state index in [1.165, 1.54) is 12.8 Å². The maximum absolute atomic E-state index is 10.6. The summed E-state index contributed by atoms with van der Waals surface area (Å²) in [5, 5.41) is 10.6. The molecule has 6 atom stereocenters. The minimum atomic E-state index is -0.495. The van der Waals surface area contributed by atoms with E-state index in [2.05, 4.69) is 20.8 Å². The fourth-order valence-electron chi connectivity index (χ4n) is 4.90. The van der Waals surface area contributed by atoms with Gasteiger partial charge in [0.05, 0.1) is 17.3 Å². The van der Waals surface area contributed by atoms with Crippen LogP contribution in [0.3, 0.4) is 0 Å². The van der Waals surface area contributed by atoms with Gasteiger partial charge in [-0.05, 0) is 57.3 Å². The van der Waals surface area contributed by atoms with Gasteiger partial charge in [-0.25, -0.2) is 0 Å². The van der Waals surface area contributed by atoms with E-state index in [1.54, 1.807) is 0 Å². The zero-order chi connectivity index (χ0) is 12.4. The molecule has 5 unspecified atom stereocenters. The Morgan fingerprint density at radius 3 is 2.53 bits per heavy atom. The van der Waals surface area contributed by atoms with Crippen molar-refractivity contribution < 1.29 is 9.84 Å². The van der Waals surface area contributed by atoms with Crippen molar-refractivity contribution in [1.29, 1.82) is 0 Å². The van der Waals surface area contributed by atoms with Crippen LogP contribution < -0.4 is 0 Å². The first kappa shape index (κ1) is 12.0. The number of aliphatic hydroxyl groups is 1. The molecule has 3 rings (SSSR count). The van der Waals surface area contributed by atoms with Crippen LogP contribution in [0.4, 0.5) is 0 Å². The average molecular weight is 238 g/mol. The zero-order valence-electron chi connectivity index (χ0n) is 11.6. The topological polar surface area (TPSA) is 29.5 Å². The number of rotatable bonds is 1. The summed E-state index contributed by atoms with van der Waals surface area (Å²) in [4.78, 5) is 0. The summed E-state index contributed by atoms with van der Waals surface area (Å²) in [7, 11) is 0. The van der Waals surface area contributed by atoms with Gasteiger partial charge in [0.15, 0.2) is 0 Å². The highest BCUT2D eigenvalue weighted by molar-refractivity contribution is 5.13. The molecule has 3 fully saturated rings. The molecule has 0 aromatic carbocycles. The quantitative estimate of drug-likeness (QED) is 0.761. The van der Waals surface area contributed by atoms with Crippen LogP contribution in [0.15, 0.2) is 0 Å². The molecule has 0 aromatic rings. The molecule has 2 aliphatic heterocycles. The molecule has 2 heterocycles. The third-order valence-corrected chi connectivity index (χ3v) is 5.91. The van der Waals surface area contributed by atoms with Gasteiger partial charge in [0.1, 0.15) is 0 Å². The van der Waals surface area contributed by atoms with Crippen LogP contribution in [0.5, 0.6) is 0 Å². The van der Waals surface area contributed by atoms with Crippen molar-refractivity contribution in [1.82, 2.24) is 0 Å². The van der Waals surface area contributed by atoms with Crippen molar-refractivity contribution in [3.63, 3.8) is 0 Å². The Hall–Kier alpha value is -0.0800. The molecule has 0 amide bonds. The molecule has 0 aromatic heterocycles. The maximum atomic E-state index is 10.6. The monoisotopic (exact) mass is 238 g/mol. The molecule has 1 saturated carbocycles. The number of hydrogen-bond acceptors (Lipinski definition) is 2. The van der Waals surface area contributed by atoms with Crippen molar-refractivity contribution in [2.75, 3.05) is 0 Å². The van der Waals surface area contributed by atoms with Crippen LogP contribution >= 0.6 is 0 Å². The van der Waals surface area contributed by atoms with E-state index in [9.17, 15) is 5.11 Å². The molecule has 98 valence electrons. The van der Waals surface area contributed by atoms with Gasteiger partial charge in [0, 0.05) is 5.92 Å². The predicted molar refractivity (Wildman–Crippen MR) is 67.7 cm³/mol. The highest BCUT2D eigenvalue weighted by Gasteiger charge is 2.64. The Labute approximate surface area is 105 Å². The fourth-order valence-corrected chi connectivity index (χ4v) is 4.90. The van der Waals surface area contributed by atoms with Gasteiger partial charge in [-0.15, -0.1) is 0 Å². The fraction of sp³-hybridized carbons (Fsp3) is 1.00. The van der Waals surface area contributed by atoms with Gasteiger partial charge in [-0.1, -0.05) is 13.8 Å². The van der Waals surface area contributed by atoms with Crippen molar-refractivity contribution in [2.45, 2.75) is 70.7 Å². The number of fused-ring (bicyclic) bond motifs is 5. The van der Waals surface area contributed by atoms with E-state index < -0.39 is 5.60 Å². The third-order valence-electron chi connectivity index (χ3n) is 5.91. The first-order valence-electron chi connectivity index (χ1n) is 7.25. The van der Waals surface area contributed by atoms with Crippen LogP contribution in [-0.2, 0) is 4.74 Å². The highest BCUT2D eigenvalue weighted by atomic mass is 16.5. The zero-order valence-corrected chi connectivity index (χ0v) is 11.6. The normalized spacial score (nSPS) is 57.5. The van der Waals surface area contributed by atoms with Crippen molar-refractivity contribution in [3.8, 4) is 0 Å². The summed E-state index contributed by atoms with van der Waals surface area (Å²) in [5.41, 5.74) is -0.439. The van der Waals surface area contributed by atoms with E-state index in [1.807, 2.05) is 6.92 Å². The molecular formula is C15H26O2. The van der Waals surface area contributed by atoms with Gasteiger partial charge < -0.3 is 9.84 Å². The van der Waals surface area contributed by atoms with E-state index in [0.717, 1.165) is 12.8 Å². The molecule has 2 bridgehead atoms. The molecule has 2 saturated heterocycles. The molecule has 0 spiro atoms. The van der Waals surface area contributed by atoms with Crippen LogP contribution in [0, 0.1) is 23.7 Å². The van der Waals surface area contributed by atoms with Crippen molar-refractivity contribution >= 4 is 0 Å². The summed E-state index contributed by atoms with van der Waals surface area (Å²) in [6.45, 7) is 8.91. The van der Waals surface area contributed by atoms with E-state index in [-0.39, 0.29) is 5.60 Å². The highest BCUT2D eigenvalue weighted by Crippen LogP contribution is 2.61. The molecule has 1 N–H and O–H groups in total. The Kier molecular flexibility index (Phi) is 2.45. The van der Waals surface area contributed by atoms with Crippen molar-refractivity contribution in [3.05, 3.63) is 0 Å². The summed E-state index contributed by atoms with van der Waals surface area (Å²) < 4.78 is 6.40. The molecule has 2 nitrogen and oxygen atoms in total. The van der Waals surface area contributed by atoms with Gasteiger partial charge in [0.2, 0.25) is 0 Å². The molecule has 17 heavy (non-hydrogen) atoms. The molecular weight excluding hydrogens is 212 g/mol. The van der Waals surface area contributed by atoms with Crippen LogP contribution in [0.25, 0.3) is 0 Å². The largest absolute Gasteiger partial charge is 0.390 e. The summed E-state index contributed by atoms with van der Waals surface area (Å²) in [6.07, 6.45) is 4.88. The molecule has 3 aliphatic rings. The second kappa shape index (κ2) is 3.48. The second-order valence-corrected chi connectivity index (χ2v) is 7.37. The Morgan fingerprint density at radius 2 is 1.88 bits per heavy atom. The van der Waals surface area contributed by atoms with Crippen LogP contribution in [-0.4, -0.2) is 22.4 Å². The van der Waals surface area contributed by atoms with Crippen molar-refractivity contribution in [2.24, 2.45) is 23.7 Å². The van der Waals surface area contributed by atoms with E-state index in [0.29, 0.717) is 29.8 Å². The standard InChI is InChI=1S/C15H26O2/c1-9(2)10-5-8-15(4)11-6-7-14(3,16)12(11)13(10)17-15/h9-13,16H,5-8H2,1-4H3/t10?,11?,12?,13?,14?,15-/m0/s1. The number of ether oxygens (including phenoxy) is 1. The second-order valence-electron chi connectivity index (χ2n) is 7.37. The van der Waals surface area contributed by atoms with Gasteiger partial charge in [-0.3, -0.25) is 0 Å². The van der Waals surface area contributed by atoms with E-state index >= 15 is 0 Å². The summed E-state index contributed by atoms with van der Waals surface area (Å²) >= 11 is 0. The minimum Gasteiger partial charge on any atom is -0.390 e. The maximum Gasteiger partial charge on any atom is 0.0691 e. The van der Waals surface area contributed by atoms with Gasteiger partial charge in [-0.2, -0.15) is 0 Å². The summed E-state index contributed by atoms with van der Waals surface area (Å²) in [5.74, 6) is 2.27. The van der Waals surface area contributed by atoms with Crippen LogP contribution in [0.1, 0.15) is 53.4 Å². The molecule has 0 radical (unpaired) electrons. The lowest BCUT2D eigenvalue weighted by Gasteiger charge is -2.40. The lowest BCUT2D eigenvalue weighted by atomic mass is 9.76. The van der Waals surface area contributed by atoms with Gasteiger partial charge in [0.25, 0.3) is 0 Å². The Balaban J connectivity index is 1.96. The molecule has 1 aliphatic carbocycles. The smallest absolute Gasteiger partial charge is 0.0691 e. The first-order valence-corrected chi connectivity index (χ1v) is 7.25. The average Bonchev–Trinajstić information content (AvgIpc) is 2.64. The van der Waals surface area contributed by atoms with Gasteiger partial charge >= 0.3 is 0 Å². The summed E-state index contributed by atoms with van der Waals surface area (Å²) in [6, 6.07) is 0. The Morgan fingerprint density at radius 1 is 1.18 bits per heavy atom. The SMILES string of the molecule is CC(C)C1CC[C@]2(C)OC1C1C2CCC1(C)O. The predicted octanol–water partition coefficient (Wildman–Crippen LogP) is 2.99. The molecule has 2 heteroatoms. The lowest BCUT2D eigenvalue weighted by molar-refractivity contribution is -0.134. The van der Waals surface area contributed by atoms with E-state index in [4.69, 9.17) is 4.74 Å². The first-order chi connectivity index (χ1) is 7.85. The number of hydrogen-bond donors (Lipinski definition) is 1. The lowest BCUT2D eigenvalue weighted by Crippen LogP contribution is -2.43. The minimum absolute atomic E-state index is 0.0568. The third kappa shape index (κ3) is 1.53. The Bertz CT molecular complexity index is 323.